The molecule has 3 saturated heterocycles. The average molecular weight is 218 g/mol. The molecule has 0 amide bonds. The average Bonchev–Trinajstić information content (AvgIpc) is 2.57. The molecular weight excluding hydrogens is 214 g/mol. The number of phosphoric acid groups is 1. The third-order valence-electron chi connectivity index (χ3n) is 1.69. The van der Waals surface area contributed by atoms with E-state index in [0.717, 1.165) is 10.5 Å². The van der Waals surface area contributed by atoms with Crippen molar-refractivity contribution in [2.75, 3.05) is 5.17 Å². The Morgan fingerprint density at radius 2 is 2.07 bits per heavy atom. The molecule has 3 aliphatic heterocycles. The van der Waals surface area contributed by atoms with E-state index < -0.39 is 13.6 Å². The number of rotatable bonds is 1. The number of hydrogen-bond donors (Lipinski definition) is 0. The van der Waals surface area contributed by atoms with Crippen LogP contribution in [0.1, 0.15) is 0 Å². The van der Waals surface area contributed by atoms with E-state index in [1.54, 1.807) is 6.07 Å². The Bertz CT molecular complexity index is 432. The summed E-state index contributed by atoms with van der Waals surface area (Å²) >= 11 is 0. The molecule has 3 fully saturated rings. The van der Waals surface area contributed by atoms with Gasteiger partial charge in [-0.25, -0.2) is 8.96 Å². The van der Waals surface area contributed by atoms with E-state index in [0.29, 0.717) is 5.69 Å². The predicted molar refractivity (Wildman–Crippen MR) is 41.6 cm³/mol. The van der Waals surface area contributed by atoms with Crippen molar-refractivity contribution in [2.45, 2.75) is 0 Å². The van der Waals surface area contributed by atoms with E-state index in [1.807, 2.05) is 0 Å². The van der Waals surface area contributed by atoms with Crippen LogP contribution in [0.3, 0.4) is 0 Å². The fourth-order valence-electron chi connectivity index (χ4n) is 1.13. The lowest BCUT2D eigenvalue weighted by Crippen LogP contribution is -2.34. The highest BCUT2D eigenvalue weighted by molar-refractivity contribution is 7.49. The van der Waals surface area contributed by atoms with E-state index in [2.05, 4.69) is 9.25 Å². The molecule has 0 aliphatic carbocycles. The maximum absolute atomic E-state index is 12.8. The van der Waals surface area contributed by atoms with Gasteiger partial charge in [0.15, 0.2) is 0 Å². The van der Waals surface area contributed by atoms with Crippen LogP contribution in [0.25, 0.3) is 0 Å². The van der Waals surface area contributed by atoms with Gasteiger partial charge in [-0.1, -0.05) is 6.07 Å². The van der Waals surface area contributed by atoms with Crippen LogP contribution < -0.4 is 5.17 Å². The fraction of sp³-hybridized carbons (Fsp3) is 0. The lowest BCUT2D eigenvalue weighted by molar-refractivity contribution is -0.318. The third-order valence-corrected chi connectivity index (χ3v) is 2.73. The Balaban J connectivity index is 1.94. The Hall–Kier alpha value is -0.980. The molecule has 3 heterocycles. The molecule has 8 heteroatoms. The molecule has 0 radical (unpaired) electrons. The largest absolute Gasteiger partial charge is 0.538 e. The molecule has 6 nitrogen and oxygen atoms in total. The van der Waals surface area contributed by atoms with Crippen LogP contribution in [0.15, 0.2) is 24.3 Å². The van der Waals surface area contributed by atoms with Crippen molar-refractivity contribution in [1.29, 1.82) is 0 Å². The van der Waals surface area contributed by atoms with E-state index in [-0.39, 0.29) is 0 Å². The quantitative estimate of drug-likeness (QED) is 0.669. The van der Waals surface area contributed by atoms with Crippen LogP contribution in [0.2, 0.25) is 0 Å². The molecule has 4 rings (SSSR count). The van der Waals surface area contributed by atoms with Gasteiger partial charge in [0.2, 0.25) is 0 Å². The highest BCUT2D eigenvalue weighted by atomic mass is 31.2. The molecule has 74 valence electrons. The number of benzene rings is 1. The van der Waals surface area contributed by atoms with E-state index >= 15 is 0 Å². The molecule has 14 heavy (non-hydrogen) atoms. The van der Waals surface area contributed by atoms with Crippen LogP contribution >= 0.6 is 7.82 Å². The van der Waals surface area contributed by atoms with E-state index in [9.17, 15) is 8.96 Å². The number of hydrogen-bond acceptors (Lipinski definition) is 6. The molecule has 0 N–H and O–H groups in total. The number of nitrogens with zero attached hydrogens (tertiary/aromatic N) is 2. The van der Waals surface area contributed by atoms with E-state index in [1.165, 1.54) is 18.2 Å². The number of hydrazine groups is 1. The Morgan fingerprint density at radius 1 is 1.29 bits per heavy atom. The SMILES string of the molecule is O=P12ON(O1)N(c1cccc(F)c1)O2. The predicted octanol–water partition coefficient (Wildman–Crippen LogP) is 1.78. The fourth-order valence-corrected chi connectivity index (χ4v) is 2.02. The first-order chi connectivity index (χ1) is 6.66. The standard InChI is InChI=1S/C6H4FN2O4P/c7-5-2-1-3-6(4-5)8-9-12-14(10,11-8)13-9/h1-4H. The highest BCUT2D eigenvalue weighted by Crippen LogP contribution is 2.67. The van der Waals surface area contributed by atoms with Gasteiger partial charge in [-0.15, -0.1) is 19.0 Å². The Kier molecular flexibility index (Phi) is 1.51. The summed E-state index contributed by atoms with van der Waals surface area (Å²) in [6.45, 7) is 0. The maximum Gasteiger partial charge on any atom is 0.538 e. The molecule has 0 atom stereocenters. The maximum atomic E-state index is 12.8. The first-order valence-electron chi connectivity index (χ1n) is 3.71. The normalized spacial score (nSPS) is 34.4. The molecular formula is C6H4FN2O4P. The Labute approximate surface area is 77.8 Å². The van der Waals surface area contributed by atoms with Crippen molar-refractivity contribution in [3.63, 3.8) is 0 Å². The summed E-state index contributed by atoms with van der Waals surface area (Å²) in [7, 11) is -3.41. The molecule has 0 spiro atoms. The summed E-state index contributed by atoms with van der Waals surface area (Å²) in [6, 6.07) is 5.52. The lowest BCUT2D eigenvalue weighted by Gasteiger charge is -2.21. The number of fused-ring (bicyclic) bond motifs is 1. The minimum Gasteiger partial charge on any atom is -0.222 e. The minimum atomic E-state index is -3.41. The van der Waals surface area contributed by atoms with Crippen molar-refractivity contribution in [3.05, 3.63) is 30.1 Å². The van der Waals surface area contributed by atoms with Gasteiger partial charge in [-0.2, -0.15) is 0 Å². The van der Waals surface area contributed by atoms with Crippen LogP contribution in [0.5, 0.6) is 0 Å². The van der Waals surface area contributed by atoms with Gasteiger partial charge >= 0.3 is 7.82 Å². The summed E-state index contributed by atoms with van der Waals surface area (Å²) in [5, 5.41) is 1.76. The van der Waals surface area contributed by atoms with Crippen molar-refractivity contribution < 1.29 is 22.8 Å². The summed E-state index contributed by atoms with van der Waals surface area (Å²) < 4.78 is 37.9. The first kappa shape index (κ1) is 8.34. The second kappa shape index (κ2) is 2.53. The highest BCUT2D eigenvalue weighted by Gasteiger charge is 2.60. The smallest absolute Gasteiger partial charge is 0.222 e. The zero-order chi connectivity index (χ0) is 9.76. The van der Waals surface area contributed by atoms with Gasteiger partial charge in [0.25, 0.3) is 0 Å². The molecule has 0 saturated carbocycles. The van der Waals surface area contributed by atoms with Crippen molar-refractivity contribution in [2.24, 2.45) is 0 Å². The zero-order valence-corrected chi connectivity index (χ0v) is 7.56. The second-order valence-electron chi connectivity index (χ2n) is 2.68. The zero-order valence-electron chi connectivity index (χ0n) is 6.66. The van der Waals surface area contributed by atoms with Gasteiger partial charge in [-0.05, 0) is 12.1 Å². The summed E-state index contributed by atoms with van der Waals surface area (Å²) in [4.78, 5) is 0. The van der Waals surface area contributed by atoms with E-state index in [4.69, 9.17) is 4.62 Å². The minimum absolute atomic E-state index is 0.334. The van der Waals surface area contributed by atoms with Gasteiger partial charge < -0.3 is 0 Å². The topological polar surface area (TPSA) is 51.2 Å². The summed E-state index contributed by atoms with van der Waals surface area (Å²) in [6.07, 6.45) is 0. The molecule has 0 aromatic heterocycles. The van der Waals surface area contributed by atoms with Crippen molar-refractivity contribution in [1.82, 2.24) is 5.34 Å². The molecule has 3 aliphatic rings. The van der Waals surface area contributed by atoms with Crippen LogP contribution in [-0.4, -0.2) is 5.34 Å². The second-order valence-corrected chi connectivity index (χ2v) is 4.07. The van der Waals surface area contributed by atoms with Crippen LogP contribution in [0, 0.1) is 5.82 Å². The van der Waals surface area contributed by atoms with Gasteiger partial charge in [0, 0.05) is 6.07 Å². The number of anilines is 1. The van der Waals surface area contributed by atoms with Crippen LogP contribution in [-0.2, 0) is 18.4 Å². The molecule has 1 aromatic rings. The van der Waals surface area contributed by atoms with Crippen molar-refractivity contribution >= 4 is 13.5 Å². The summed E-state index contributed by atoms with van der Waals surface area (Å²) in [5.41, 5.74) is 0.334. The molecule has 1 aromatic carbocycles. The van der Waals surface area contributed by atoms with Gasteiger partial charge in [0.05, 0.1) is 11.0 Å². The first-order valence-corrected chi connectivity index (χ1v) is 5.17. The third kappa shape index (κ3) is 1.08. The monoisotopic (exact) mass is 218 g/mol. The number of halogens is 1. The summed E-state index contributed by atoms with van der Waals surface area (Å²) in [5.74, 6) is -0.435. The lowest BCUT2D eigenvalue weighted by atomic mass is 10.3. The molecule has 2 bridgehead atoms. The van der Waals surface area contributed by atoms with Crippen LogP contribution in [0.4, 0.5) is 10.1 Å². The van der Waals surface area contributed by atoms with Gasteiger partial charge in [0.1, 0.15) is 5.82 Å². The Morgan fingerprint density at radius 3 is 2.64 bits per heavy atom. The van der Waals surface area contributed by atoms with Crippen molar-refractivity contribution in [3.8, 4) is 0 Å². The molecule has 0 unspecified atom stereocenters. The van der Waals surface area contributed by atoms with Gasteiger partial charge in [-0.3, -0.25) is 0 Å².